The molecule has 6 nitrogen and oxygen atoms in total. The Kier molecular flexibility index (Phi) is 5.28. The Morgan fingerprint density at radius 1 is 1.24 bits per heavy atom. The summed E-state index contributed by atoms with van der Waals surface area (Å²) in [5, 5.41) is 2.84. The van der Waals surface area contributed by atoms with Crippen LogP contribution in [-0.2, 0) is 9.59 Å². The minimum atomic E-state index is -0.777. The van der Waals surface area contributed by atoms with E-state index in [1.165, 1.54) is 4.90 Å². The van der Waals surface area contributed by atoms with Crippen LogP contribution in [0.15, 0.2) is 48.7 Å². The number of hydrogen-bond acceptors (Lipinski definition) is 4. The quantitative estimate of drug-likeness (QED) is 0.821. The van der Waals surface area contributed by atoms with Crippen LogP contribution in [-0.4, -0.2) is 29.9 Å². The van der Waals surface area contributed by atoms with Crippen molar-refractivity contribution in [1.82, 2.24) is 10.3 Å². The highest BCUT2D eigenvalue weighted by molar-refractivity contribution is 6.03. The Bertz CT molecular complexity index is 749. The van der Waals surface area contributed by atoms with Crippen LogP contribution in [0.2, 0.25) is 0 Å². The Morgan fingerprint density at radius 3 is 2.80 bits per heavy atom. The number of ether oxygens (including phenoxy) is 1. The molecule has 1 aliphatic heterocycles. The summed E-state index contributed by atoms with van der Waals surface area (Å²) < 4.78 is 5.86. The number of pyridine rings is 1. The molecule has 130 valence electrons. The number of rotatable bonds is 6. The lowest BCUT2D eigenvalue weighted by atomic mass is 10.1. The van der Waals surface area contributed by atoms with E-state index in [1.54, 1.807) is 18.3 Å². The molecule has 0 bridgehead atoms. The predicted molar refractivity (Wildman–Crippen MR) is 94.3 cm³/mol. The molecule has 0 fully saturated rings. The Hall–Kier alpha value is -2.89. The van der Waals surface area contributed by atoms with Gasteiger partial charge in [0.15, 0.2) is 11.6 Å². The van der Waals surface area contributed by atoms with E-state index < -0.39 is 6.10 Å². The van der Waals surface area contributed by atoms with Crippen molar-refractivity contribution in [2.45, 2.75) is 25.9 Å². The van der Waals surface area contributed by atoms with Gasteiger partial charge in [-0.15, -0.1) is 0 Å². The summed E-state index contributed by atoms with van der Waals surface area (Å²) in [5.74, 6) is 0.387. The molecule has 2 heterocycles. The number of benzene rings is 1. The first kappa shape index (κ1) is 17.0. The van der Waals surface area contributed by atoms with E-state index >= 15 is 0 Å². The molecule has 1 aromatic carbocycles. The third-order valence-corrected chi connectivity index (χ3v) is 4.00. The third kappa shape index (κ3) is 3.79. The number of carbonyl (C=O) groups is 2. The van der Waals surface area contributed by atoms with Gasteiger partial charge in [0.25, 0.3) is 5.91 Å². The van der Waals surface area contributed by atoms with Crippen molar-refractivity contribution < 1.29 is 14.3 Å². The molecule has 0 aliphatic carbocycles. The van der Waals surface area contributed by atoms with Gasteiger partial charge in [0.05, 0.1) is 0 Å². The summed E-state index contributed by atoms with van der Waals surface area (Å²) in [6.07, 6.45) is 2.71. The van der Waals surface area contributed by atoms with Crippen molar-refractivity contribution in [2.24, 2.45) is 0 Å². The monoisotopic (exact) mass is 339 g/mol. The molecule has 2 aromatic rings. The summed E-state index contributed by atoms with van der Waals surface area (Å²) in [7, 11) is 0. The van der Waals surface area contributed by atoms with Gasteiger partial charge in [-0.2, -0.15) is 0 Å². The number of nitrogens with one attached hydrogen (secondary N) is 1. The zero-order chi connectivity index (χ0) is 17.6. The van der Waals surface area contributed by atoms with Crippen molar-refractivity contribution in [3.8, 4) is 5.75 Å². The maximum atomic E-state index is 12.9. The van der Waals surface area contributed by atoms with Crippen LogP contribution in [0.5, 0.6) is 5.75 Å². The molecule has 0 radical (unpaired) electrons. The number of carbonyl (C=O) groups excluding carboxylic acids is 2. The van der Waals surface area contributed by atoms with Crippen molar-refractivity contribution in [1.29, 1.82) is 0 Å². The number of amides is 2. The summed E-state index contributed by atoms with van der Waals surface area (Å²) in [4.78, 5) is 30.8. The molecule has 1 aliphatic rings. The van der Waals surface area contributed by atoms with Gasteiger partial charge >= 0.3 is 0 Å². The number of hydrogen-bond donors (Lipinski definition) is 1. The summed E-state index contributed by atoms with van der Waals surface area (Å²) in [6.45, 7) is 2.59. The van der Waals surface area contributed by atoms with Gasteiger partial charge in [-0.05, 0) is 18.6 Å². The van der Waals surface area contributed by atoms with Gasteiger partial charge in [0.2, 0.25) is 12.0 Å². The number of fused-ring (bicyclic) bond motifs is 1. The molecule has 0 spiro atoms. The molecular weight excluding hydrogens is 318 g/mol. The third-order valence-electron chi connectivity index (χ3n) is 4.00. The van der Waals surface area contributed by atoms with Gasteiger partial charge in [-0.1, -0.05) is 43.7 Å². The Balaban J connectivity index is 1.84. The lowest BCUT2D eigenvalue weighted by Crippen LogP contribution is -2.47. The zero-order valence-electron chi connectivity index (χ0n) is 14.1. The average molecular weight is 339 g/mol. The molecule has 2 amide bonds. The average Bonchev–Trinajstić information content (AvgIpc) is 2.65. The molecule has 3 rings (SSSR count). The second-order valence-electron chi connectivity index (χ2n) is 5.86. The van der Waals surface area contributed by atoms with Crippen LogP contribution in [0.1, 0.15) is 31.4 Å². The molecule has 0 saturated heterocycles. The molecular formula is C19H21N3O3. The van der Waals surface area contributed by atoms with Crippen molar-refractivity contribution in [3.05, 3.63) is 54.2 Å². The Morgan fingerprint density at radius 2 is 2.04 bits per heavy atom. The Labute approximate surface area is 146 Å². The second-order valence-corrected chi connectivity index (χ2v) is 5.86. The summed E-state index contributed by atoms with van der Waals surface area (Å²) in [5.41, 5.74) is 0.749. The van der Waals surface area contributed by atoms with E-state index in [9.17, 15) is 9.59 Å². The molecule has 25 heavy (non-hydrogen) atoms. The van der Waals surface area contributed by atoms with Gasteiger partial charge in [-0.3, -0.25) is 14.5 Å². The maximum Gasteiger partial charge on any atom is 0.274 e. The fourth-order valence-corrected chi connectivity index (χ4v) is 2.70. The molecule has 1 aromatic heterocycles. The van der Waals surface area contributed by atoms with Crippen LogP contribution >= 0.6 is 0 Å². The standard InChI is InChI=1S/C19H21N3O3/c1-2-3-11-20-16(23)13-22-18-15(10-7-12-21-18)25-17(19(22)24)14-8-5-4-6-9-14/h4-10,12,17H,2-3,11,13H2,1H3,(H,20,23). The van der Waals surface area contributed by atoms with Crippen LogP contribution in [0.25, 0.3) is 0 Å². The first-order valence-electron chi connectivity index (χ1n) is 8.45. The van der Waals surface area contributed by atoms with Gasteiger partial charge < -0.3 is 10.1 Å². The fraction of sp³-hybridized carbons (Fsp3) is 0.316. The maximum absolute atomic E-state index is 12.9. The van der Waals surface area contributed by atoms with E-state index in [0.717, 1.165) is 18.4 Å². The van der Waals surface area contributed by atoms with E-state index in [-0.39, 0.29) is 18.4 Å². The van der Waals surface area contributed by atoms with Gasteiger partial charge in [0, 0.05) is 18.3 Å². The fourth-order valence-electron chi connectivity index (χ4n) is 2.70. The number of unbranched alkanes of at least 4 members (excludes halogenated alkanes) is 1. The smallest absolute Gasteiger partial charge is 0.274 e. The van der Waals surface area contributed by atoms with Crippen molar-refractivity contribution in [3.63, 3.8) is 0 Å². The highest BCUT2D eigenvalue weighted by Gasteiger charge is 2.37. The minimum absolute atomic E-state index is 0.0702. The minimum Gasteiger partial charge on any atom is -0.472 e. The van der Waals surface area contributed by atoms with Crippen molar-refractivity contribution >= 4 is 17.6 Å². The lowest BCUT2D eigenvalue weighted by molar-refractivity contribution is -0.129. The van der Waals surface area contributed by atoms with Crippen LogP contribution < -0.4 is 15.0 Å². The molecule has 6 heteroatoms. The molecule has 1 unspecified atom stereocenters. The normalized spacial score (nSPS) is 16.1. The van der Waals surface area contributed by atoms with E-state index in [0.29, 0.717) is 18.1 Å². The number of nitrogens with zero attached hydrogens (tertiary/aromatic N) is 2. The highest BCUT2D eigenvalue weighted by atomic mass is 16.5. The highest BCUT2D eigenvalue weighted by Crippen LogP contribution is 2.36. The first-order chi connectivity index (χ1) is 12.2. The van der Waals surface area contributed by atoms with Crippen molar-refractivity contribution in [2.75, 3.05) is 18.0 Å². The topological polar surface area (TPSA) is 71.5 Å². The van der Waals surface area contributed by atoms with Crippen LogP contribution in [0, 0.1) is 0 Å². The largest absolute Gasteiger partial charge is 0.472 e. The van der Waals surface area contributed by atoms with Gasteiger partial charge in [0.1, 0.15) is 6.54 Å². The van der Waals surface area contributed by atoms with Gasteiger partial charge in [-0.25, -0.2) is 4.98 Å². The summed E-state index contributed by atoms with van der Waals surface area (Å²) >= 11 is 0. The summed E-state index contributed by atoms with van der Waals surface area (Å²) in [6, 6.07) is 12.8. The van der Waals surface area contributed by atoms with E-state index in [1.807, 2.05) is 30.3 Å². The molecule has 0 saturated carbocycles. The predicted octanol–water partition coefficient (Wildman–Crippen LogP) is 2.46. The van der Waals surface area contributed by atoms with Crippen LogP contribution in [0.3, 0.4) is 0 Å². The lowest BCUT2D eigenvalue weighted by Gasteiger charge is -2.33. The van der Waals surface area contributed by atoms with Crippen LogP contribution in [0.4, 0.5) is 5.82 Å². The molecule has 1 atom stereocenters. The first-order valence-corrected chi connectivity index (χ1v) is 8.45. The van der Waals surface area contributed by atoms with E-state index in [4.69, 9.17) is 4.74 Å². The number of anilines is 1. The molecule has 1 N–H and O–H groups in total. The zero-order valence-corrected chi connectivity index (χ0v) is 14.1. The van der Waals surface area contributed by atoms with E-state index in [2.05, 4.69) is 17.2 Å². The SMILES string of the molecule is CCCCNC(=O)CN1C(=O)C(c2ccccc2)Oc2cccnc21. The second kappa shape index (κ2) is 7.79. The number of aromatic nitrogens is 1.